The topological polar surface area (TPSA) is 73.8 Å². The Bertz CT molecular complexity index is 733. The zero-order valence-corrected chi connectivity index (χ0v) is 11.1. The van der Waals surface area contributed by atoms with Crippen LogP contribution in [0.15, 0.2) is 18.2 Å². The number of benzene rings is 1. The van der Waals surface area contributed by atoms with E-state index in [1.54, 1.807) is 0 Å². The number of nitro groups is 1. The first-order valence-electron chi connectivity index (χ1n) is 5.78. The second-order valence-electron chi connectivity index (χ2n) is 4.43. The predicted octanol–water partition coefficient (Wildman–Crippen LogP) is 3.52. The van der Waals surface area contributed by atoms with Gasteiger partial charge in [-0.3, -0.25) is 0 Å². The Labute approximate surface area is 123 Å². The minimum atomic E-state index is -5.03. The summed E-state index contributed by atoms with van der Waals surface area (Å²) in [5, 5.41) is 17.0. The first-order valence-corrected chi connectivity index (χ1v) is 5.78. The van der Waals surface area contributed by atoms with Gasteiger partial charge >= 0.3 is 18.2 Å². The third kappa shape index (κ3) is 3.24. The minimum Gasteiger partial charge on any atom is -0.358 e. The highest BCUT2D eigenvalue weighted by molar-refractivity contribution is 5.44. The molecule has 0 bridgehead atoms. The van der Waals surface area contributed by atoms with Crippen molar-refractivity contribution in [3.8, 4) is 5.69 Å². The molecule has 0 aliphatic carbocycles. The molecule has 0 saturated carbocycles. The summed E-state index contributed by atoms with van der Waals surface area (Å²) in [4.78, 5) is 9.70. The number of rotatable bonds is 2. The van der Waals surface area contributed by atoms with Crippen molar-refractivity contribution in [1.82, 2.24) is 15.0 Å². The maximum Gasteiger partial charge on any atom is 0.416 e. The molecule has 12 heteroatoms. The third-order valence-corrected chi connectivity index (χ3v) is 2.86. The Morgan fingerprint density at radius 3 is 1.87 bits per heavy atom. The molecule has 0 amide bonds. The molecule has 0 saturated heterocycles. The van der Waals surface area contributed by atoms with Crippen molar-refractivity contribution in [3.05, 3.63) is 45.1 Å². The van der Waals surface area contributed by atoms with E-state index in [0.717, 1.165) is 6.92 Å². The molecule has 0 spiro atoms. The lowest BCUT2D eigenvalue weighted by atomic mass is 10.1. The molecular formula is C11H6F6N4O2. The van der Waals surface area contributed by atoms with E-state index >= 15 is 0 Å². The Morgan fingerprint density at radius 2 is 1.52 bits per heavy atom. The normalized spacial score (nSPS) is 12.5. The maximum absolute atomic E-state index is 12.8. The lowest BCUT2D eigenvalue weighted by Gasteiger charge is -2.14. The molecule has 0 N–H and O–H groups in total. The molecule has 0 atom stereocenters. The first kappa shape index (κ1) is 16.7. The van der Waals surface area contributed by atoms with E-state index in [-0.39, 0.29) is 11.8 Å². The van der Waals surface area contributed by atoms with E-state index in [0.29, 0.717) is 16.8 Å². The Hall–Kier alpha value is -2.66. The fourth-order valence-electron chi connectivity index (χ4n) is 1.80. The van der Waals surface area contributed by atoms with Gasteiger partial charge in [0.2, 0.25) is 0 Å². The monoisotopic (exact) mass is 340 g/mol. The first-order chi connectivity index (χ1) is 10.4. The van der Waals surface area contributed by atoms with Crippen LogP contribution in [0.2, 0.25) is 0 Å². The standard InChI is InChI=1S/C11H6F6N4O2/c1-5-9(21(22)23)18-19-20(5)8-3-6(10(12,13)14)2-7(4-8)11(15,16)17/h2-4H,1H3. The fourth-order valence-corrected chi connectivity index (χ4v) is 1.80. The van der Waals surface area contributed by atoms with Crippen molar-refractivity contribution < 1.29 is 31.3 Å². The van der Waals surface area contributed by atoms with Gasteiger partial charge in [0.1, 0.15) is 10.8 Å². The third-order valence-electron chi connectivity index (χ3n) is 2.86. The molecular weight excluding hydrogens is 334 g/mol. The SMILES string of the molecule is Cc1c([N+](=O)[O-])nnn1-c1cc(C(F)(F)F)cc(C(F)(F)F)c1. The molecule has 0 aliphatic heterocycles. The van der Waals surface area contributed by atoms with Crippen molar-refractivity contribution in [2.45, 2.75) is 19.3 Å². The number of halogens is 6. The highest BCUT2D eigenvalue weighted by atomic mass is 19.4. The summed E-state index contributed by atoms with van der Waals surface area (Å²) in [5.41, 5.74) is -4.05. The Morgan fingerprint density at radius 1 is 1.04 bits per heavy atom. The molecule has 1 aromatic carbocycles. The Balaban J connectivity index is 2.70. The average Bonchev–Trinajstić information content (AvgIpc) is 2.78. The van der Waals surface area contributed by atoms with Gasteiger partial charge < -0.3 is 10.1 Å². The molecule has 1 aromatic heterocycles. The van der Waals surface area contributed by atoms with Crippen LogP contribution < -0.4 is 0 Å². The minimum absolute atomic E-state index is 0.0514. The van der Waals surface area contributed by atoms with Crippen LogP contribution in [0.3, 0.4) is 0 Å². The van der Waals surface area contributed by atoms with Gasteiger partial charge in [0.25, 0.3) is 0 Å². The average molecular weight is 340 g/mol. The molecule has 0 aliphatic rings. The van der Waals surface area contributed by atoms with Crippen molar-refractivity contribution >= 4 is 5.82 Å². The van der Waals surface area contributed by atoms with Crippen LogP contribution in [0.25, 0.3) is 5.69 Å². The molecule has 0 fully saturated rings. The van der Waals surface area contributed by atoms with Crippen molar-refractivity contribution in [2.75, 3.05) is 0 Å². The van der Waals surface area contributed by atoms with E-state index in [9.17, 15) is 36.5 Å². The van der Waals surface area contributed by atoms with Gasteiger partial charge in [-0.2, -0.15) is 31.0 Å². The summed E-state index contributed by atoms with van der Waals surface area (Å²) < 4.78 is 77.1. The van der Waals surface area contributed by atoms with Gasteiger partial charge in [-0.1, -0.05) is 0 Å². The molecule has 0 radical (unpaired) electrons. The van der Waals surface area contributed by atoms with Crippen molar-refractivity contribution in [2.24, 2.45) is 0 Å². The fraction of sp³-hybridized carbons (Fsp3) is 0.273. The van der Waals surface area contributed by atoms with Crippen molar-refractivity contribution in [3.63, 3.8) is 0 Å². The molecule has 124 valence electrons. The van der Waals surface area contributed by atoms with Crippen LogP contribution in [0.5, 0.6) is 0 Å². The highest BCUT2D eigenvalue weighted by Crippen LogP contribution is 2.37. The number of alkyl halides is 6. The predicted molar refractivity (Wildman–Crippen MR) is 62.8 cm³/mol. The van der Waals surface area contributed by atoms with E-state index in [2.05, 4.69) is 10.3 Å². The van der Waals surface area contributed by atoms with Crippen LogP contribution in [0, 0.1) is 17.0 Å². The van der Waals surface area contributed by atoms with Crippen LogP contribution in [0.1, 0.15) is 16.8 Å². The molecule has 0 unspecified atom stereocenters. The summed E-state index contributed by atoms with van der Waals surface area (Å²) in [7, 11) is 0. The number of nitrogens with zero attached hydrogens (tertiary/aromatic N) is 4. The summed E-state index contributed by atoms with van der Waals surface area (Å²) in [6, 6.07) is 0.755. The summed E-state index contributed by atoms with van der Waals surface area (Å²) in [6.07, 6.45) is -10.1. The van der Waals surface area contributed by atoms with Crippen molar-refractivity contribution in [1.29, 1.82) is 0 Å². The zero-order valence-electron chi connectivity index (χ0n) is 11.1. The maximum atomic E-state index is 12.8. The lowest BCUT2D eigenvalue weighted by Crippen LogP contribution is -2.13. The zero-order chi connectivity index (χ0) is 17.6. The van der Waals surface area contributed by atoms with E-state index in [1.165, 1.54) is 0 Å². The van der Waals surface area contributed by atoms with Gasteiger partial charge in [0, 0.05) is 0 Å². The molecule has 23 heavy (non-hydrogen) atoms. The van der Waals surface area contributed by atoms with Gasteiger partial charge in [0.15, 0.2) is 0 Å². The quantitative estimate of drug-likeness (QED) is 0.476. The molecule has 2 aromatic rings. The van der Waals surface area contributed by atoms with Crippen LogP contribution in [0.4, 0.5) is 32.2 Å². The highest BCUT2D eigenvalue weighted by Gasteiger charge is 2.37. The second-order valence-corrected chi connectivity index (χ2v) is 4.43. The van der Waals surface area contributed by atoms with E-state index < -0.39 is 39.9 Å². The van der Waals surface area contributed by atoms with E-state index in [4.69, 9.17) is 0 Å². The van der Waals surface area contributed by atoms with Gasteiger partial charge in [-0.05, 0) is 30.0 Å². The van der Waals surface area contributed by atoms with Gasteiger partial charge in [0.05, 0.1) is 22.0 Å². The van der Waals surface area contributed by atoms with Gasteiger partial charge in [-0.15, -0.1) is 0 Å². The van der Waals surface area contributed by atoms with Crippen LogP contribution >= 0.6 is 0 Å². The molecule has 1 heterocycles. The molecule has 6 nitrogen and oxygen atoms in total. The van der Waals surface area contributed by atoms with Gasteiger partial charge in [-0.25, -0.2) is 0 Å². The lowest BCUT2D eigenvalue weighted by molar-refractivity contribution is -0.390. The summed E-state index contributed by atoms with van der Waals surface area (Å²) >= 11 is 0. The number of hydrogen-bond acceptors (Lipinski definition) is 4. The Kier molecular flexibility index (Phi) is 3.78. The second kappa shape index (κ2) is 5.21. The van der Waals surface area contributed by atoms with Crippen LogP contribution in [-0.4, -0.2) is 19.9 Å². The van der Waals surface area contributed by atoms with Crippen LogP contribution in [-0.2, 0) is 12.4 Å². The smallest absolute Gasteiger partial charge is 0.358 e. The summed E-state index contributed by atoms with van der Waals surface area (Å²) in [5.74, 6) is -0.768. The van der Waals surface area contributed by atoms with E-state index in [1.807, 2.05) is 0 Å². The summed E-state index contributed by atoms with van der Waals surface area (Å²) in [6.45, 7) is 1.10. The number of aromatic nitrogens is 3. The molecule has 2 rings (SSSR count). The number of hydrogen-bond donors (Lipinski definition) is 0. The largest absolute Gasteiger partial charge is 0.416 e.